The first-order chi connectivity index (χ1) is 16.0. The van der Waals surface area contributed by atoms with Crippen molar-refractivity contribution in [3.05, 3.63) is 47.7 Å². The largest absolute Gasteiger partial charge is 0.434 e. The molecule has 1 aliphatic carbocycles. The lowest BCUT2D eigenvalue weighted by molar-refractivity contribution is -0.141. The van der Waals surface area contributed by atoms with E-state index < -0.39 is 23.4 Å². The third kappa shape index (κ3) is 5.05. The number of carbonyl (C=O) groups excluding carboxylic acids is 1. The number of benzene rings is 1. The summed E-state index contributed by atoms with van der Waals surface area (Å²) in [6.07, 6.45) is 2.12. The Hall–Kier alpha value is -3.05. The van der Waals surface area contributed by atoms with Crippen molar-refractivity contribution in [2.24, 2.45) is 5.92 Å². The topological polar surface area (TPSA) is 113 Å². The van der Waals surface area contributed by atoms with E-state index >= 15 is 0 Å². The number of alkyl halides is 3. The zero-order valence-electron chi connectivity index (χ0n) is 18.8. The molecule has 0 bridgehead atoms. The van der Waals surface area contributed by atoms with Gasteiger partial charge in [-0.2, -0.15) is 18.3 Å². The highest BCUT2D eigenvalue weighted by atomic mass is 19.4. The number of carbonyl (C=O) groups is 1. The van der Waals surface area contributed by atoms with Gasteiger partial charge in [0.05, 0.1) is 29.6 Å². The molecule has 1 aliphatic rings. The molecule has 1 saturated carbocycles. The minimum Gasteiger partial charge on any atom is -0.396 e. The van der Waals surface area contributed by atoms with Crippen molar-refractivity contribution in [3.8, 4) is 0 Å². The highest BCUT2D eigenvalue weighted by Crippen LogP contribution is 2.35. The van der Waals surface area contributed by atoms with Crippen molar-refractivity contribution >= 4 is 22.5 Å². The maximum absolute atomic E-state index is 12.7. The number of aliphatic hydroxyl groups excluding tert-OH is 1. The minimum absolute atomic E-state index is 0.190. The number of fused-ring (bicyclic) bond motifs is 1. The molecule has 2 heterocycles. The monoisotopic (exact) mass is 477 g/mol. The number of halogens is 3. The van der Waals surface area contributed by atoms with Crippen LogP contribution in [0.25, 0.3) is 10.9 Å². The Morgan fingerprint density at radius 2 is 1.85 bits per heavy atom. The first-order valence-corrected chi connectivity index (χ1v) is 11.0. The smallest absolute Gasteiger partial charge is 0.396 e. The van der Waals surface area contributed by atoms with Crippen LogP contribution in [0.5, 0.6) is 0 Å². The summed E-state index contributed by atoms with van der Waals surface area (Å²) in [5.41, 5.74) is -1.45. The molecule has 0 spiro atoms. The molecule has 182 valence electrons. The molecule has 4 rings (SSSR count). The molecule has 3 N–H and O–H groups in total. The van der Waals surface area contributed by atoms with E-state index in [0.717, 1.165) is 37.3 Å². The molecule has 2 aromatic heterocycles. The number of hydrogen-bond acceptors (Lipinski definition) is 6. The standard InChI is InChI=1S/C23H26F3N5O3/c1-22(2,34)16-8-17-14(11-31(30-17)15-5-3-13(12-32)4-6-15)7-18(16)29-21(33)19-9-28-20(10-27-19)23(24,25)26/h7-11,13,15,32,34H,3-6,12H2,1-2H3,(H,29,33)/t13-,15-. The number of anilines is 1. The summed E-state index contributed by atoms with van der Waals surface area (Å²) >= 11 is 0. The average molecular weight is 477 g/mol. The van der Waals surface area contributed by atoms with E-state index in [1.165, 1.54) is 0 Å². The fraction of sp³-hybridized carbons (Fsp3) is 0.478. The zero-order valence-corrected chi connectivity index (χ0v) is 18.8. The Bertz CT molecular complexity index is 1180. The van der Waals surface area contributed by atoms with Crippen LogP contribution >= 0.6 is 0 Å². The van der Waals surface area contributed by atoms with Gasteiger partial charge in [0.2, 0.25) is 0 Å². The predicted octanol–water partition coefficient (Wildman–Crippen LogP) is 4.05. The summed E-state index contributed by atoms with van der Waals surface area (Å²) in [5, 5.41) is 28.1. The molecule has 0 radical (unpaired) electrons. The van der Waals surface area contributed by atoms with Crippen LogP contribution < -0.4 is 5.32 Å². The van der Waals surface area contributed by atoms with Gasteiger partial charge in [-0.15, -0.1) is 0 Å². The summed E-state index contributed by atoms with van der Waals surface area (Å²) in [4.78, 5) is 19.5. The van der Waals surface area contributed by atoms with Gasteiger partial charge in [0, 0.05) is 29.4 Å². The van der Waals surface area contributed by atoms with Crippen molar-refractivity contribution in [1.82, 2.24) is 19.7 Å². The summed E-state index contributed by atoms with van der Waals surface area (Å²) in [6.45, 7) is 3.32. The van der Waals surface area contributed by atoms with Crippen molar-refractivity contribution in [1.29, 1.82) is 0 Å². The van der Waals surface area contributed by atoms with Crippen LogP contribution in [0.15, 0.2) is 30.7 Å². The van der Waals surface area contributed by atoms with Crippen LogP contribution in [-0.2, 0) is 11.8 Å². The minimum atomic E-state index is -4.65. The fourth-order valence-corrected chi connectivity index (χ4v) is 4.26. The highest BCUT2D eigenvalue weighted by molar-refractivity contribution is 6.04. The average Bonchev–Trinajstić information content (AvgIpc) is 3.20. The first kappa shape index (κ1) is 24.1. The summed E-state index contributed by atoms with van der Waals surface area (Å²) < 4.78 is 40.1. The fourth-order valence-electron chi connectivity index (χ4n) is 4.26. The van der Waals surface area contributed by atoms with Crippen molar-refractivity contribution in [2.75, 3.05) is 11.9 Å². The Morgan fingerprint density at radius 1 is 1.15 bits per heavy atom. The number of rotatable bonds is 5. The number of aliphatic hydroxyl groups is 2. The molecule has 3 aromatic rings. The van der Waals surface area contributed by atoms with E-state index in [1.54, 1.807) is 26.0 Å². The van der Waals surface area contributed by atoms with Gasteiger partial charge in [-0.1, -0.05) is 0 Å². The maximum atomic E-state index is 12.7. The Kier molecular flexibility index (Phi) is 6.34. The van der Waals surface area contributed by atoms with E-state index in [2.05, 4.69) is 20.4 Å². The van der Waals surface area contributed by atoms with Gasteiger partial charge < -0.3 is 15.5 Å². The van der Waals surface area contributed by atoms with Gasteiger partial charge >= 0.3 is 6.18 Å². The molecule has 8 nitrogen and oxygen atoms in total. The normalized spacial score (nSPS) is 19.4. The van der Waals surface area contributed by atoms with Crippen LogP contribution in [0.2, 0.25) is 0 Å². The second kappa shape index (κ2) is 8.95. The Labute approximate surface area is 193 Å². The summed E-state index contributed by atoms with van der Waals surface area (Å²) in [6, 6.07) is 3.57. The second-order valence-corrected chi connectivity index (χ2v) is 9.22. The molecular weight excluding hydrogens is 451 g/mol. The highest BCUT2D eigenvalue weighted by Gasteiger charge is 2.33. The van der Waals surface area contributed by atoms with Gasteiger partial charge in [0.25, 0.3) is 5.91 Å². The first-order valence-electron chi connectivity index (χ1n) is 11.0. The van der Waals surface area contributed by atoms with Gasteiger partial charge in [-0.3, -0.25) is 9.48 Å². The van der Waals surface area contributed by atoms with Crippen molar-refractivity contribution in [2.45, 2.75) is 57.3 Å². The molecule has 1 amide bonds. The van der Waals surface area contributed by atoms with E-state index in [0.29, 0.717) is 28.9 Å². The van der Waals surface area contributed by atoms with Crippen LogP contribution in [0, 0.1) is 5.92 Å². The molecule has 1 aromatic carbocycles. The third-order valence-corrected chi connectivity index (χ3v) is 6.19. The van der Waals surface area contributed by atoms with Crippen molar-refractivity contribution in [3.63, 3.8) is 0 Å². The lowest BCUT2D eigenvalue weighted by Crippen LogP contribution is -2.22. The second-order valence-electron chi connectivity index (χ2n) is 9.22. The molecule has 34 heavy (non-hydrogen) atoms. The van der Waals surface area contributed by atoms with Crippen LogP contribution in [0.4, 0.5) is 18.9 Å². The number of nitrogens with zero attached hydrogens (tertiary/aromatic N) is 4. The van der Waals surface area contributed by atoms with Gasteiger partial charge in [-0.05, 0) is 57.6 Å². The molecular formula is C23H26F3N5O3. The van der Waals surface area contributed by atoms with Gasteiger partial charge in [0.15, 0.2) is 5.69 Å². The Balaban J connectivity index is 1.62. The lowest BCUT2D eigenvalue weighted by atomic mass is 9.87. The molecule has 1 fully saturated rings. The molecule has 0 saturated heterocycles. The summed E-state index contributed by atoms with van der Waals surface area (Å²) in [5.74, 6) is -0.432. The lowest BCUT2D eigenvalue weighted by Gasteiger charge is -2.27. The molecule has 0 aliphatic heterocycles. The molecule has 11 heteroatoms. The predicted molar refractivity (Wildman–Crippen MR) is 118 cm³/mol. The zero-order chi connectivity index (χ0) is 24.7. The van der Waals surface area contributed by atoms with Crippen LogP contribution in [0.3, 0.4) is 0 Å². The maximum Gasteiger partial charge on any atom is 0.434 e. The number of nitrogens with one attached hydrogen (secondary N) is 1. The summed E-state index contributed by atoms with van der Waals surface area (Å²) in [7, 11) is 0. The third-order valence-electron chi connectivity index (χ3n) is 6.19. The van der Waals surface area contributed by atoms with E-state index in [9.17, 15) is 28.2 Å². The van der Waals surface area contributed by atoms with Crippen molar-refractivity contribution < 1.29 is 28.2 Å². The Morgan fingerprint density at radius 3 is 2.41 bits per heavy atom. The molecule has 0 atom stereocenters. The number of amides is 1. The van der Waals surface area contributed by atoms with Crippen LogP contribution in [0.1, 0.15) is 67.3 Å². The van der Waals surface area contributed by atoms with Gasteiger partial charge in [0.1, 0.15) is 5.69 Å². The van der Waals surface area contributed by atoms with Crippen LogP contribution in [-0.4, -0.2) is 42.5 Å². The SMILES string of the molecule is CC(C)(O)c1cc2nn([C@H]3CC[C@H](CO)CC3)cc2cc1NC(=O)c1cnc(C(F)(F)F)cn1. The quantitative estimate of drug-likeness (QED) is 0.511. The number of aromatic nitrogens is 4. The number of hydrogen-bond donors (Lipinski definition) is 3. The van der Waals surface area contributed by atoms with E-state index in [-0.39, 0.29) is 18.3 Å². The van der Waals surface area contributed by atoms with Gasteiger partial charge in [-0.25, -0.2) is 9.97 Å². The molecule has 0 unspecified atom stereocenters. The van der Waals surface area contributed by atoms with E-state index in [1.807, 2.05) is 10.9 Å². The van der Waals surface area contributed by atoms with E-state index in [4.69, 9.17) is 0 Å².